The van der Waals surface area contributed by atoms with Gasteiger partial charge in [0.2, 0.25) is 15.9 Å². The van der Waals surface area contributed by atoms with Gasteiger partial charge in [0.1, 0.15) is 17.7 Å². The summed E-state index contributed by atoms with van der Waals surface area (Å²) in [4.78, 5) is 30.7. The second-order valence-corrected chi connectivity index (χ2v) is 13.2. The molecular formula is C33H32ClF2N5O5S. The molecule has 10 nitrogen and oxygen atoms in total. The lowest BCUT2D eigenvalue weighted by molar-refractivity contribution is -0.118. The maximum absolute atomic E-state index is 15.5. The number of ether oxygens (including phenoxy) is 1. The fourth-order valence-electron chi connectivity index (χ4n) is 5.62. The van der Waals surface area contributed by atoms with Crippen molar-refractivity contribution in [1.29, 1.82) is 0 Å². The molecule has 1 saturated heterocycles. The van der Waals surface area contributed by atoms with Crippen molar-refractivity contribution in [1.82, 2.24) is 19.9 Å². The zero-order valence-corrected chi connectivity index (χ0v) is 26.8. The second kappa shape index (κ2) is 15.0. The topological polar surface area (TPSA) is 130 Å². The molecule has 3 N–H and O–H groups in total. The van der Waals surface area contributed by atoms with E-state index >= 15 is 4.39 Å². The number of nitrogens with one attached hydrogen (secondary N) is 3. The monoisotopic (exact) mass is 683 g/mol. The number of pyridine rings is 1. The normalized spacial score (nSPS) is 16.6. The van der Waals surface area contributed by atoms with Gasteiger partial charge in [-0.25, -0.2) is 22.0 Å². The number of alkyl carbamates (subject to hydrolysis) is 1. The van der Waals surface area contributed by atoms with Crippen molar-refractivity contribution in [3.8, 4) is 0 Å². The van der Waals surface area contributed by atoms with Crippen LogP contribution in [0.25, 0.3) is 0 Å². The summed E-state index contributed by atoms with van der Waals surface area (Å²) in [6, 6.07) is 17.9. The second-order valence-electron chi connectivity index (χ2n) is 10.8. The predicted molar refractivity (Wildman–Crippen MR) is 173 cm³/mol. The highest BCUT2D eigenvalue weighted by Gasteiger charge is 2.36. The molecule has 1 unspecified atom stereocenters. The molecule has 246 valence electrons. The molecule has 1 fully saturated rings. The number of aromatic nitrogens is 1. The van der Waals surface area contributed by atoms with E-state index in [1.165, 1.54) is 40.8 Å². The average molecular weight is 684 g/mol. The number of anilines is 1. The predicted octanol–water partition coefficient (Wildman–Crippen LogP) is 4.71. The van der Waals surface area contributed by atoms with Crippen LogP contribution in [0.2, 0.25) is 5.02 Å². The summed E-state index contributed by atoms with van der Waals surface area (Å²) in [5.74, 6) is -3.06. The van der Waals surface area contributed by atoms with Gasteiger partial charge >= 0.3 is 6.09 Å². The van der Waals surface area contributed by atoms with Crippen LogP contribution in [-0.2, 0) is 26.0 Å². The number of amides is 2. The number of hydrogen-bond acceptors (Lipinski definition) is 7. The molecule has 1 aliphatic rings. The summed E-state index contributed by atoms with van der Waals surface area (Å²) in [7, 11) is -2.79. The molecule has 3 aromatic carbocycles. The van der Waals surface area contributed by atoms with Crippen LogP contribution in [0.5, 0.6) is 0 Å². The van der Waals surface area contributed by atoms with Crippen LogP contribution in [0.1, 0.15) is 22.6 Å². The number of benzene rings is 3. The highest BCUT2D eigenvalue weighted by Crippen LogP contribution is 2.32. The van der Waals surface area contributed by atoms with Crippen molar-refractivity contribution in [2.75, 3.05) is 32.1 Å². The van der Waals surface area contributed by atoms with Crippen molar-refractivity contribution in [3.63, 3.8) is 0 Å². The van der Waals surface area contributed by atoms with Gasteiger partial charge in [0.25, 0.3) is 0 Å². The Morgan fingerprint density at radius 1 is 1.04 bits per heavy atom. The van der Waals surface area contributed by atoms with Gasteiger partial charge in [-0.2, -0.15) is 4.31 Å². The quantitative estimate of drug-likeness (QED) is 0.221. The van der Waals surface area contributed by atoms with E-state index in [0.717, 1.165) is 13.3 Å². The highest BCUT2D eigenvalue weighted by molar-refractivity contribution is 7.89. The standard InChI is InChI=1S/C33H32ClF2N5O5S/c1-46-33(43)40-31(30(21-10-12-23(34)13-11-21)22-6-5-7-24(35)16-22)32(42)39-29-20-38-19-28(36)27(29)17-25-18-37-14-15-41(25)47(44,45)26-8-3-2-4-9-26/h2-13,16,19-20,25,30-31,37H,14-15,17-18H2,1H3,(H,39,42)(H,40,43)/t25?,30-,31-/m0/s1. The number of rotatable bonds is 10. The van der Waals surface area contributed by atoms with Crippen molar-refractivity contribution in [2.45, 2.75) is 29.3 Å². The van der Waals surface area contributed by atoms with Crippen LogP contribution in [0, 0.1) is 11.6 Å². The Balaban J connectivity index is 1.50. The maximum atomic E-state index is 15.5. The Labute approximate surface area is 276 Å². The molecule has 0 bridgehead atoms. The fraction of sp³-hybridized carbons (Fsp3) is 0.242. The van der Waals surface area contributed by atoms with E-state index in [1.807, 2.05) is 0 Å². The Hall–Kier alpha value is -4.43. The number of carbonyl (C=O) groups excluding carboxylic acids is 2. The summed E-state index contributed by atoms with van der Waals surface area (Å²) in [6.45, 7) is 0.780. The van der Waals surface area contributed by atoms with Gasteiger partial charge in [-0.3, -0.25) is 9.78 Å². The molecular weight excluding hydrogens is 652 g/mol. The molecule has 3 atom stereocenters. The Kier molecular flexibility index (Phi) is 10.8. The Bertz CT molecular complexity index is 1830. The first kappa shape index (κ1) is 33.9. The van der Waals surface area contributed by atoms with Gasteiger partial charge < -0.3 is 20.7 Å². The molecule has 14 heteroatoms. The van der Waals surface area contributed by atoms with E-state index < -0.39 is 51.7 Å². The van der Waals surface area contributed by atoms with Gasteiger partial charge in [0.15, 0.2) is 0 Å². The van der Waals surface area contributed by atoms with Gasteiger partial charge in [-0.15, -0.1) is 0 Å². The molecule has 2 amide bonds. The van der Waals surface area contributed by atoms with Gasteiger partial charge in [-0.1, -0.05) is 54.1 Å². The Morgan fingerprint density at radius 2 is 1.79 bits per heavy atom. The van der Waals surface area contributed by atoms with Crippen LogP contribution in [0.4, 0.5) is 19.3 Å². The third-order valence-electron chi connectivity index (χ3n) is 7.86. The van der Waals surface area contributed by atoms with Crippen molar-refractivity contribution < 1.29 is 31.5 Å². The summed E-state index contributed by atoms with van der Waals surface area (Å²) in [5, 5.41) is 8.80. The molecule has 4 aromatic rings. The lowest BCUT2D eigenvalue weighted by Gasteiger charge is -2.35. The van der Waals surface area contributed by atoms with E-state index in [2.05, 4.69) is 20.9 Å². The zero-order chi connectivity index (χ0) is 33.6. The van der Waals surface area contributed by atoms with Gasteiger partial charge in [0, 0.05) is 42.2 Å². The summed E-state index contributed by atoms with van der Waals surface area (Å²) in [6.07, 6.45) is 1.18. The summed E-state index contributed by atoms with van der Waals surface area (Å²) < 4.78 is 63.2. The highest BCUT2D eigenvalue weighted by atomic mass is 35.5. The SMILES string of the molecule is COC(=O)N[C@H](C(=O)Nc1cncc(F)c1CC1CNCCN1S(=O)(=O)c1ccccc1)[C@@H](c1ccc(Cl)cc1)c1cccc(F)c1. The largest absolute Gasteiger partial charge is 0.453 e. The van der Waals surface area contributed by atoms with E-state index in [0.29, 0.717) is 22.7 Å². The van der Waals surface area contributed by atoms with Crippen molar-refractivity contribution >= 4 is 39.3 Å². The maximum Gasteiger partial charge on any atom is 0.407 e. The lowest BCUT2D eigenvalue weighted by Crippen LogP contribution is -2.54. The number of halogens is 3. The molecule has 1 aromatic heterocycles. The van der Waals surface area contributed by atoms with Gasteiger partial charge in [0.05, 0.1) is 30.1 Å². The molecule has 0 spiro atoms. The molecule has 0 aliphatic carbocycles. The van der Waals surface area contributed by atoms with Crippen LogP contribution < -0.4 is 16.0 Å². The van der Waals surface area contributed by atoms with E-state index in [1.54, 1.807) is 48.5 Å². The van der Waals surface area contributed by atoms with Gasteiger partial charge in [-0.05, 0) is 53.9 Å². The Morgan fingerprint density at radius 3 is 2.49 bits per heavy atom. The smallest absolute Gasteiger partial charge is 0.407 e. The zero-order valence-electron chi connectivity index (χ0n) is 25.2. The van der Waals surface area contributed by atoms with Crippen molar-refractivity contribution in [3.05, 3.63) is 125 Å². The molecule has 0 radical (unpaired) electrons. The fourth-order valence-corrected chi connectivity index (χ4v) is 7.39. The average Bonchev–Trinajstić information content (AvgIpc) is 3.07. The third-order valence-corrected chi connectivity index (χ3v) is 10.1. The summed E-state index contributed by atoms with van der Waals surface area (Å²) >= 11 is 6.11. The van der Waals surface area contributed by atoms with Crippen LogP contribution in [0.15, 0.2) is 96.2 Å². The third kappa shape index (κ3) is 7.93. The lowest BCUT2D eigenvalue weighted by atomic mass is 9.84. The van der Waals surface area contributed by atoms with E-state index in [-0.39, 0.29) is 35.7 Å². The van der Waals surface area contributed by atoms with Crippen LogP contribution >= 0.6 is 11.6 Å². The van der Waals surface area contributed by atoms with Crippen LogP contribution in [-0.4, -0.2) is 68.5 Å². The molecule has 5 rings (SSSR count). The minimum atomic E-state index is -3.92. The first-order valence-electron chi connectivity index (χ1n) is 14.6. The molecule has 1 aliphatic heterocycles. The molecule has 2 heterocycles. The first-order valence-corrected chi connectivity index (χ1v) is 16.5. The summed E-state index contributed by atoms with van der Waals surface area (Å²) in [5.41, 5.74) is 0.866. The number of nitrogens with zero attached hydrogens (tertiary/aromatic N) is 2. The molecule has 47 heavy (non-hydrogen) atoms. The number of piperazine rings is 1. The minimum Gasteiger partial charge on any atom is -0.453 e. The number of sulfonamides is 1. The van der Waals surface area contributed by atoms with E-state index in [9.17, 15) is 22.4 Å². The number of carbonyl (C=O) groups is 2. The van der Waals surface area contributed by atoms with Crippen molar-refractivity contribution in [2.24, 2.45) is 0 Å². The first-order chi connectivity index (χ1) is 22.6. The van der Waals surface area contributed by atoms with E-state index in [4.69, 9.17) is 16.3 Å². The van der Waals surface area contributed by atoms with Crippen LogP contribution in [0.3, 0.4) is 0 Å². The number of hydrogen-bond donors (Lipinski definition) is 3. The molecule has 0 saturated carbocycles. The minimum absolute atomic E-state index is 0.0147. The number of methoxy groups -OCH3 is 1.